The first kappa shape index (κ1) is 14.3. The van der Waals surface area contributed by atoms with Crippen molar-refractivity contribution in [3.05, 3.63) is 29.3 Å². The minimum atomic E-state index is 0.0880. The number of carbonyl (C=O) groups is 1. The van der Waals surface area contributed by atoms with Crippen molar-refractivity contribution < 1.29 is 14.6 Å². The number of hydrogen-bond donors (Lipinski definition) is 1. The molecule has 0 aliphatic rings. The van der Waals surface area contributed by atoms with Crippen molar-refractivity contribution in [3.63, 3.8) is 0 Å². The highest BCUT2D eigenvalue weighted by Gasteiger charge is 2.02. The molecule has 0 heterocycles. The van der Waals surface area contributed by atoms with Gasteiger partial charge in [-0.3, -0.25) is 4.79 Å². The summed E-state index contributed by atoms with van der Waals surface area (Å²) in [4.78, 5) is 11.0. The van der Waals surface area contributed by atoms with Crippen LogP contribution in [0.1, 0.15) is 38.2 Å². The van der Waals surface area contributed by atoms with Crippen LogP contribution in [0.5, 0.6) is 11.5 Å². The van der Waals surface area contributed by atoms with Crippen molar-refractivity contribution in [2.24, 2.45) is 0 Å². The van der Waals surface area contributed by atoms with Gasteiger partial charge < -0.3 is 9.84 Å². The molecule has 98 valence electrons. The van der Waals surface area contributed by atoms with Gasteiger partial charge in [0.2, 0.25) is 0 Å². The van der Waals surface area contributed by atoms with Crippen LogP contribution in [-0.4, -0.2) is 18.5 Å². The summed E-state index contributed by atoms with van der Waals surface area (Å²) >= 11 is 0. The molecule has 18 heavy (non-hydrogen) atoms. The van der Waals surface area contributed by atoms with E-state index in [-0.39, 0.29) is 5.75 Å². The smallest absolute Gasteiger partial charge is 0.160 e. The molecule has 3 nitrogen and oxygen atoms in total. The van der Waals surface area contributed by atoms with E-state index in [4.69, 9.17) is 4.74 Å². The number of hydrogen-bond acceptors (Lipinski definition) is 3. The van der Waals surface area contributed by atoms with E-state index in [0.29, 0.717) is 5.75 Å². The zero-order chi connectivity index (χ0) is 13.4. The normalized spacial score (nSPS) is 11.3. The van der Waals surface area contributed by atoms with E-state index in [1.165, 1.54) is 7.11 Å². The molecule has 1 aromatic rings. The van der Waals surface area contributed by atoms with E-state index >= 15 is 0 Å². The number of phenolic OH excluding ortho intramolecular Hbond substituents is 1. The molecule has 0 aliphatic heterocycles. The second-order valence-electron chi connectivity index (χ2n) is 4.23. The third kappa shape index (κ3) is 4.24. The average Bonchev–Trinajstić information content (AvgIpc) is 2.38. The third-order valence-corrected chi connectivity index (χ3v) is 2.78. The molecular weight excluding hydrogens is 228 g/mol. The Morgan fingerprint density at radius 1 is 1.39 bits per heavy atom. The fraction of sp³-hybridized carbons (Fsp3) is 0.400. The first-order chi connectivity index (χ1) is 8.71. The molecule has 0 saturated heterocycles. The van der Waals surface area contributed by atoms with Crippen LogP contribution >= 0.6 is 0 Å². The van der Waals surface area contributed by atoms with Gasteiger partial charge in [0.1, 0.15) is 6.29 Å². The minimum absolute atomic E-state index is 0.0880. The lowest BCUT2D eigenvalue weighted by Gasteiger charge is -2.04. The number of ether oxygens (including phenoxy) is 1. The van der Waals surface area contributed by atoms with Crippen molar-refractivity contribution in [2.75, 3.05) is 7.11 Å². The van der Waals surface area contributed by atoms with E-state index in [0.717, 1.165) is 43.1 Å². The lowest BCUT2D eigenvalue weighted by atomic mass is 10.1. The molecule has 0 spiro atoms. The topological polar surface area (TPSA) is 46.5 Å². The van der Waals surface area contributed by atoms with Crippen LogP contribution in [-0.2, 0) is 4.79 Å². The van der Waals surface area contributed by atoms with Gasteiger partial charge in [-0.2, -0.15) is 0 Å². The molecule has 0 aliphatic carbocycles. The first-order valence-corrected chi connectivity index (χ1v) is 6.24. The van der Waals surface area contributed by atoms with Crippen LogP contribution in [0, 0.1) is 0 Å². The quantitative estimate of drug-likeness (QED) is 0.456. The number of allylic oxidation sites excluding steroid dienone is 1. The monoisotopic (exact) mass is 248 g/mol. The Hall–Kier alpha value is -1.77. The molecule has 0 saturated carbocycles. The first-order valence-electron chi connectivity index (χ1n) is 6.24. The number of phenols is 1. The Morgan fingerprint density at radius 2 is 2.17 bits per heavy atom. The molecule has 0 amide bonds. The van der Waals surface area contributed by atoms with Crippen molar-refractivity contribution >= 4 is 12.4 Å². The van der Waals surface area contributed by atoms with E-state index in [2.05, 4.69) is 6.92 Å². The summed E-state index contributed by atoms with van der Waals surface area (Å²) in [7, 11) is 1.51. The molecule has 0 fully saturated rings. The van der Waals surface area contributed by atoms with Crippen LogP contribution in [0.3, 0.4) is 0 Å². The molecule has 3 heteroatoms. The molecule has 1 aromatic carbocycles. The Bertz CT molecular complexity index is 422. The number of methoxy groups -OCH3 is 1. The molecular formula is C15H20O3. The van der Waals surface area contributed by atoms with Crippen molar-refractivity contribution in [1.29, 1.82) is 0 Å². The van der Waals surface area contributed by atoms with Gasteiger partial charge in [-0.1, -0.05) is 25.8 Å². The number of carbonyl (C=O) groups excluding carboxylic acids is 1. The summed E-state index contributed by atoms with van der Waals surface area (Å²) in [6.07, 6.45) is 6.75. The maximum atomic E-state index is 11.0. The van der Waals surface area contributed by atoms with Gasteiger partial charge in [-0.25, -0.2) is 0 Å². The number of aldehydes is 1. The number of aromatic hydroxyl groups is 1. The SMILES string of the molecule is CCCCCC(C=O)=Cc1ccc(OC)c(O)c1. The van der Waals surface area contributed by atoms with Crippen LogP contribution < -0.4 is 4.74 Å². The molecule has 1 N–H and O–H groups in total. The van der Waals surface area contributed by atoms with E-state index in [1.807, 2.05) is 12.1 Å². The highest BCUT2D eigenvalue weighted by Crippen LogP contribution is 2.27. The van der Waals surface area contributed by atoms with Gasteiger partial charge in [-0.05, 0) is 42.2 Å². The molecule has 1 rings (SSSR count). The zero-order valence-corrected chi connectivity index (χ0v) is 11.0. The van der Waals surface area contributed by atoms with Gasteiger partial charge >= 0.3 is 0 Å². The fourth-order valence-corrected chi connectivity index (χ4v) is 1.76. The molecule has 0 aromatic heterocycles. The summed E-state index contributed by atoms with van der Waals surface area (Å²) in [5, 5.41) is 9.65. The predicted molar refractivity (Wildman–Crippen MR) is 72.8 cm³/mol. The summed E-state index contributed by atoms with van der Waals surface area (Å²) < 4.78 is 4.97. The van der Waals surface area contributed by atoms with Gasteiger partial charge in [-0.15, -0.1) is 0 Å². The highest BCUT2D eigenvalue weighted by molar-refractivity contribution is 5.81. The van der Waals surface area contributed by atoms with E-state index in [1.54, 1.807) is 12.1 Å². The zero-order valence-electron chi connectivity index (χ0n) is 11.0. The van der Waals surface area contributed by atoms with E-state index in [9.17, 15) is 9.90 Å². The summed E-state index contributed by atoms with van der Waals surface area (Å²) in [5.74, 6) is 0.524. The Labute approximate surface area is 108 Å². The average molecular weight is 248 g/mol. The van der Waals surface area contributed by atoms with Crippen LogP contribution in [0.15, 0.2) is 23.8 Å². The maximum absolute atomic E-state index is 11.0. The van der Waals surface area contributed by atoms with Gasteiger partial charge in [0.25, 0.3) is 0 Å². The fourth-order valence-electron chi connectivity index (χ4n) is 1.76. The van der Waals surface area contributed by atoms with Crippen molar-refractivity contribution in [3.8, 4) is 11.5 Å². The van der Waals surface area contributed by atoms with E-state index < -0.39 is 0 Å². The van der Waals surface area contributed by atoms with Gasteiger partial charge in [0, 0.05) is 0 Å². The van der Waals surface area contributed by atoms with Crippen LogP contribution in [0.2, 0.25) is 0 Å². The standard InChI is InChI=1S/C15H20O3/c1-3-4-5-6-13(11-16)9-12-7-8-15(18-2)14(17)10-12/h7-11,17H,3-6H2,1-2H3. The minimum Gasteiger partial charge on any atom is -0.504 e. The molecule has 0 unspecified atom stereocenters. The molecule has 0 atom stereocenters. The summed E-state index contributed by atoms with van der Waals surface area (Å²) in [6.45, 7) is 2.13. The van der Waals surface area contributed by atoms with Gasteiger partial charge in [0.05, 0.1) is 7.11 Å². The van der Waals surface area contributed by atoms with Crippen LogP contribution in [0.25, 0.3) is 6.08 Å². The summed E-state index contributed by atoms with van der Waals surface area (Å²) in [6, 6.07) is 5.11. The number of benzene rings is 1. The second-order valence-corrected chi connectivity index (χ2v) is 4.23. The number of rotatable bonds is 7. The number of unbranched alkanes of at least 4 members (excludes halogenated alkanes) is 2. The lowest BCUT2D eigenvalue weighted by molar-refractivity contribution is -0.105. The predicted octanol–water partition coefficient (Wildman–Crippen LogP) is 3.56. The molecule has 0 radical (unpaired) electrons. The van der Waals surface area contributed by atoms with Crippen molar-refractivity contribution in [1.82, 2.24) is 0 Å². The molecule has 0 bridgehead atoms. The Morgan fingerprint density at radius 3 is 2.72 bits per heavy atom. The second kappa shape index (κ2) is 7.54. The van der Waals surface area contributed by atoms with Gasteiger partial charge in [0.15, 0.2) is 11.5 Å². The largest absolute Gasteiger partial charge is 0.504 e. The maximum Gasteiger partial charge on any atom is 0.160 e. The third-order valence-electron chi connectivity index (χ3n) is 2.78. The van der Waals surface area contributed by atoms with Crippen LogP contribution in [0.4, 0.5) is 0 Å². The highest BCUT2D eigenvalue weighted by atomic mass is 16.5. The lowest BCUT2D eigenvalue weighted by Crippen LogP contribution is -1.88. The van der Waals surface area contributed by atoms with Crippen molar-refractivity contribution in [2.45, 2.75) is 32.6 Å². The Kier molecular flexibility index (Phi) is 5.98. The Balaban J connectivity index is 2.78. The summed E-state index contributed by atoms with van der Waals surface area (Å²) in [5.41, 5.74) is 1.57.